The predicted molar refractivity (Wildman–Crippen MR) is 86.1 cm³/mol. The summed E-state index contributed by atoms with van der Waals surface area (Å²) in [5.41, 5.74) is 1.22. The van der Waals surface area contributed by atoms with E-state index in [0.717, 1.165) is 45.3 Å². The normalized spacial score (nSPS) is 17.8. The first-order chi connectivity index (χ1) is 9.65. The van der Waals surface area contributed by atoms with Gasteiger partial charge in [0.1, 0.15) is 0 Å². The number of halogens is 1. The van der Waals surface area contributed by atoms with Crippen LogP contribution in [0, 0.1) is 3.57 Å². The van der Waals surface area contributed by atoms with E-state index >= 15 is 0 Å². The second kappa shape index (κ2) is 7.61. The Hall–Kier alpha value is -1.11. The summed E-state index contributed by atoms with van der Waals surface area (Å²) in [5.74, 6) is 0.499. The minimum Gasteiger partial charge on any atom is -0.356 e. The van der Waals surface area contributed by atoms with Crippen LogP contribution in [0.5, 0.6) is 0 Å². The molecule has 20 heavy (non-hydrogen) atoms. The number of likely N-dealkylation sites (tertiary alicyclic amines) is 1. The number of benzene rings is 1. The standard InChI is InChI=1S/C11H12INO.C4H7NO/c12-10-5-3-9(4-6-10)8-13-7-1-2-11(13)14;6-4-2-1-3-5-4/h3-6H,1-2,7-8H2;1-3H2,(H,5,6). The monoisotopic (exact) mass is 386 g/mol. The van der Waals surface area contributed by atoms with Crippen LogP contribution < -0.4 is 5.32 Å². The Kier molecular flexibility index (Phi) is 5.82. The van der Waals surface area contributed by atoms with Crippen molar-refractivity contribution in [1.29, 1.82) is 0 Å². The van der Waals surface area contributed by atoms with E-state index in [1.165, 1.54) is 9.13 Å². The van der Waals surface area contributed by atoms with Crippen LogP contribution in [-0.4, -0.2) is 29.8 Å². The molecule has 5 heteroatoms. The topological polar surface area (TPSA) is 49.4 Å². The Balaban J connectivity index is 0.000000205. The van der Waals surface area contributed by atoms with E-state index in [9.17, 15) is 9.59 Å². The summed E-state index contributed by atoms with van der Waals surface area (Å²) in [6.45, 7) is 2.58. The van der Waals surface area contributed by atoms with Gasteiger partial charge in [0.05, 0.1) is 0 Å². The summed E-state index contributed by atoms with van der Waals surface area (Å²) in [4.78, 5) is 23.4. The highest BCUT2D eigenvalue weighted by Crippen LogP contribution is 2.15. The molecule has 1 aromatic carbocycles. The van der Waals surface area contributed by atoms with Gasteiger partial charge in [0.15, 0.2) is 0 Å². The van der Waals surface area contributed by atoms with Gasteiger partial charge < -0.3 is 10.2 Å². The second-order valence-corrected chi connectivity index (χ2v) is 6.24. The molecule has 108 valence electrons. The van der Waals surface area contributed by atoms with E-state index in [2.05, 4.69) is 52.2 Å². The van der Waals surface area contributed by atoms with Crippen LogP contribution in [0.4, 0.5) is 0 Å². The maximum atomic E-state index is 11.4. The van der Waals surface area contributed by atoms with Crippen LogP contribution >= 0.6 is 22.6 Å². The molecule has 2 aliphatic rings. The zero-order chi connectivity index (χ0) is 14.4. The van der Waals surface area contributed by atoms with Gasteiger partial charge in [-0.05, 0) is 53.1 Å². The maximum absolute atomic E-state index is 11.4. The fourth-order valence-electron chi connectivity index (χ4n) is 2.25. The number of amides is 2. The lowest BCUT2D eigenvalue weighted by molar-refractivity contribution is -0.128. The molecule has 2 heterocycles. The smallest absolute Gasteiger partial charge is 0.222 e. The van der Waals surface area contributed by atoms with E-state index < -0.39 is 0 Å². The third-order valence-electron chi connectivity index (χ3n) is 3.36. The number of rotatable bonds is 2. The van der Waals surface area contributed by atoms with Gasteiger partial charge in [0.25, 0.3) is 0 Å². The first kappa shape index (κ1) is 15.3. The lowest BCUT2D eigenvalue weighted by Gasteiger charge is -2.15. The average Bonchev–Trinajstić information content (AvgIpc) is 3.06. The molecule has 0 saturated carbocycles. The molecule has 0 aromatic heterocycles. The highest BCUT2D eigenvalue weighted by Gasteiger charge is 2.19. The molecule has 1 aromatic rings. The predicted octanol–water partition coefficient (Wildman–Crippen LogP) is 2.31. The van der Waals surface area contributed by atoms with Gasteiger partial charge in [-0.25, -0.2) is 0 Å². The van der Waals surface area contributed by atoms with Gasteiger partial charge in [0, 0.05) is 36.0 Å². The van der Waals surface area contributed by atoms with Gasteiger partial charge >= 0.3 is 0 Å². The van der Waals surface area contributed by atoms with Crippen molar-refractivity contribution in [2.45, 2.75) is 32.2 Å². The minimum atomic E-state index is 0.204. The van der Waals surface area contributed by atoms with Crippen molar-refractivity contribution in [2.75, 3.05) is 13.1 Å². The van der Waals surface area contributed by atoms with Crippen LogP contribution in [0.2, 0.25) is 0 Å². The number of carbonyl (C=O) groups excluding carboxylic acids is 2. The van der Waals surface area contributed by atoms with Crippen molar-refractivity contribution in [2.24, 2.45) is 0 Å². The number of nitrogens with one attached hydrogen (secondary N) is 1. The number of hydrogen-bond acceptors (Lipinski definition) is 2. The zero-order valence-electron chi connectivity index (χ0n) is 11.4. The molecule has 0 spiro atoms. The number of carbonyl (C=O) groups is 2. The molecule has 4 nitrogen and oxygen atoms in total. The summed E-state index contributed by atoms with van der Waals surface area (Å²) in [6.07, 6.45) is 3.51. The van der Waals surface area contributed by atoms with Gasteiger partial charge in [-0.3, -0.25) is 9.59 Å². The molecule has 2 amide bonds. The molecular formula is C15H19IN2O2. The number of hydrogen-bond donors (Lipinski definition) is 1. The van der Waals surface area contributed by atoms with Crippen LogP contribution in [0.3, 0.4) is 0 Å². The molecule has 0 aliphatic carbocycles. The molecule has 0 unspecified atom stereocenters. The van der Waals surface area contributed by atoms with E-state index in [1.807, 2.05) is 4.90 Å². The van der Waals surface area contributed by atoms with E-state index in [0.29, 0.717) is 5.91 Å². The Morgan fingerprint density at radius 3 is 2.30 bits per heavy atom. The third-order valence-corrected chi connectivity index (χ3v) is 4.08. The largest absolute Gasteiger partial charge is 0.356 e. The quantitative estimate of drug-likeness (QED) is 0.794. The first-order valence-electron chi connectivity index (χ1n) is 6.94. The zero-order valence-corrected chi connectivity index (χ0v) is 13.6. The van der Waals surface area contributed by atoms with E-state index in [-0.39, 0.29) is 5.91 Å². The van der Waals surface area contributed by atoms with Crippen LogP contribution in [0.1, 0.15) is 31.2 Å². The Labute approximate surface area is 133 Å². The average molecular weight is 386 g/mol. The van der Waals surface area contributed by atoms with Gasteiger partial charge in [0.2, 0.25) is 11.8 Å². The van der Waals surface area contributed by atoms with Gasteiger partial charge in [-0.1, -0.05) is 12.1 Å². The second-order valence-electron chi connectivity index (χ2n) is 5.00. The van der Waals surface area contributed by atoms with Crippen LogP contribution in [0.25, 0.3) is 0 Å². The molecule has 0 bridgehead atoms. The fraction of sp³-hybridized carbons (Fsp3) is 0.467. The van der Waals surface area contributed by atoms with Gasteiger partial charge in [-0.15, -0.1) is 0 Å². The van der Waals surface area contributed by atoms with Crippen molar-refractivity contribution in [3.63, 3.8) is 0 Å². The first-order valence-corrected chi connectivity index (χ1v) is 8.02. The molecule has 0 radical (unpaired) electrons. The Bertz CT molecular complexity index is 465. The summed E-state index contributed by atoms with van der Waals surface area (Å²) < 4.78 is 1.24. The molecule has 1 N–H and O–H groups in total. The lowest BCUT2D eigenvalue weighted by atomic mass is 10.2. The molecule has 2 saturated heterocycles. The molecule has 0 atom stereocenters. The van der Waals surface area contributed by atoms with Gasteiger partial charge in [-0.2, -0.15) is 0 Å². The van der Waals surface area contributed by atoms with E-state index in [1.54, 1.807) is 0 Å². The van der Waals surface area contributed by atoms with Crippen molar-refractivity contribution < 1.29 is 9.59 Å². The van der Waals surface area contributed by atoms with Crippen LogP contribution in [-0.2, 0) is 16.1 Å². The molecule has 2 fully saturated rings. The summed E-state index contributed by atoms with van der Waals surface area (Å²) in [7, 11) is 0. The Morgan fingerprint density at radius 2 is 1.85 bits per heavy atom. The minimum absolute atomic E-state index is 0.204. The SMILES string of the molecule is O=C1CCCN1.O=C1CCCN1Cc1ccc(I)cc1. The number of nitrogens with zero attached hydrogens (tertiary/aromatic N) is 1. The highest BCUT2D eigenvalue weighted by molar-refractivity contribution is 14.1. The summed E-state index contributed by atoms with van der Waals surface area (Å²) >= 11 is 2.28. The molecular weight excluding hydrogens is 367 g/mol. The molecule has 3 rings (SSSR count). The van der Waals surface area contributed by atoms with Crippen molar-refractivity contribution in [3.05, 3.63) is 33.4 Å². The highest BCUT2D eigenvalue weighted by atomic mass is 127. The molecule has 2 aliphatic heterocycles. The van der Waals surface area contributed by atoms with Crippen molar-refractivity contribution in [3.8, 4) is 0 Å². The van der Waals surface area contributed by atoms with Crippen molar-refractivity contribution >= 4 is 34.4 Å². The van der Waals surface area contributed by atoms with Crippen molar-refractivity contribution in [1.82, 2.24) is 10.2 Å². The summed E-state index contributed by atoms with van der Waals surface area (Å²) in [5, 5.41) is 2.68. The van der Waals surface area contributed by atoms with E-state index in [4.69, 9.17) is 0 Å². The third kappa shape index (κ3) is 4.77. The lowest BCUT2D eigenvalue weighted by Crippen LogP contribution is -2.23. The Morgan fingerprint density at radius 1 is 1.10 bits per heavy atom. The summed E-state index contributed by atoms with van der Waals surface area (Å²) in [6, 6.07) is 8.34. The fourth-order valence-corrected chi connectivity index (χ4v) is 2.61. The van der Waals surface area contributed by atoms with Crippen LogP contribution in [0.15, 0.2) is 24.3 Å². The maximum Gasteiger partial charge on any atom is 0.222 e.